The van der Waals surface area contributed by atoms with E-state index in [2.05, 4.69) is 4.74 Å². The molecule has 1 aliphatic heterocycles. The van der Waals surface area contributed by atoms with E-state index >= 15 is 0 Å². The molecule has 0 radical (unpaired) electrons. The fraction of sp³-hybridized carbons (Fsp3) is 0.350. The lowest BCUT2D eigenvalue weighted by atomic mass is 10.1. The zero-order valence-electron chi connectivity index (χ0n) is 16.6. The maximum Gasteiger partial charge on any atom is 0.573 e. The molecular weight excluding hydrogens is 459 g/mol. The lowest BCUT2D eigenvalue weighted by molar-refractivity contribution is -0.274. The maximum absolute atomic E-state index is 13.4. The molecule has 3 rings (SSSR count). The minimum Gasteiger partial charge on any atom is -0.406 e. The predicted molar refractivity (Wildman–Crippen MR) is 103 cm³/mol. The molecule has 1 aliphatic rings. The summed E-state index contributed by atoms with van der Waals surface area (Å²) in [5.74, 6) is -3.18. The van der Waals surface area contributed by atoms with Gasteiger partial charge in [-0.25, -0.2) is 17.2 Å². The number of ether oxygens (including phenoxy) is 1. The normalized spacial score (nSPS) is 15.6. The standard InChI is InChI=1S/C20H19F5N2O4S/c21-16-7-6-15(13-17(16)22)32(29,30)27-11-9-26(10-12-27)19(28)8-5-14-3-1-2-4-18(14)31-20(23,24)25/h1-4,6-7,13H,5,8-12H2. The summed E-state index contributed by atoms with van der Waals surface area (Å²) in [6.07, 6.45) is -4.93. The van der Waals surface area contributed by atoms with E-state index in [1.807, 2.05) is 0 Å². The van der Waals surface area contributed by atoms with Gasteiger partial charge in [0.05, 0.1) is 4.90 Å². The third-order valence-corrected chi connectivity index (χ3v) is 6.82. The van der Waals surface area contributed by atoms with Crippen LogP contribution in [-0.4, -0.2) is 56.1 Å². The van der Waals surface area contributed by atoms with Gasteiger partial charge in [-0.05, 0) is 36.2 Å². The molecule has 6 nitrogen and oxygen atoms in total. The Labute approximate surface area is 181 Å². The Balaban J connectivity index is 1.58. The van der Waals surface area contributed by atoms with E-state index in [4.69, 9.17) is 0 Å². The number of hydrogen-bond acceptors (Lipinski definition) is 4. The maximum atomic E-state index is 13.4. The van der Waals surface area contributed by atoms with Gasteiger partial charge in [0.1, 0.15) is 5.75 Å². The number of aryl methyl sites for hydroxylation is 1. The molecule has 0 unspecified atom stereocenters. The summed E-state index contributed by atoms with van der Waals surface area (Å²) in [4.78, 5) is 13.5. The third-order valence-electron chi connectivity index (χ3n) is 4.93. The number of carbonyl (C=O) groups is 1. The number of hydrogen-bond donors (Lipinski definition) is 0. The molecule has 1 amide bonds. The van der Waals surface area contributed by atoms with Crippen molar-refractivity contribution in [1.29, 1.82) is 0 Å². The first-order valence-corrected chi connectivity index (χ1v) is 11.0. The minimum absolute atomic E-state index is 0.0124. The highest BCUT2D eigenvalue weighted by atomic mass is 32.2. The SMILES string of the molecule is O=C(CCc1ccccc1OC(F)(F)F)N1CCN(S(=O)(=O)c2ccc(F)c(F)c2)CC1. The van der Waals surface area contributed by atoms with Gasteiger partial charge in [-0.15, -0.1) is 13.2 Å². The fourth-order valence-corrected chi connectivity index (χ4v) is 4.73. The van der Waals surface area contributed by atoms with E-state index in [1.165, 1.54) is 23.1 Å². The van der Waals surface area contributed by atoms with Crippen molar-refractivity contribution in [2.75, 3.05) is 26.2 Å². The molecular formula is C20H19F5N2O4S. The Kier molecular flexibility index (Phi) is 7.03. The largest absolute Gasteiger partial charge is 0.573 e. The third kappa shape index (κ3) is 5.74. The van der Waals surface area contributed by atoms with Gasteiger partial charge >= 0.3 is 6.36 Å². The van der Waals surface area contributed by atoms with Crippen LogP contribution < -0.4 is 4.74 Å². The van der Waals surface area contributed by atoms with Crippen LogP contribution in [0.25, 0.3) is 0 Å². The van der Waals surface area contributed by atoms with Crippen LogP contribution in [0.5, 0.6) is 5.75 Å². The minimum atomic E-state index is -4.85. The van der Waals surface area contributed by atoms with E-state index in [9.17, 15) is 35.2 Å². The number of sulfonamides is 1. The quantitative estimate of drug-likeness (QED) is 0.598. The van der Waals surface area contributed by atoms with E-state index in [-0.39, 0.29) is 56.2 Å². The molecule has 1 heterocycles. The number of amides is 1. The van der Waals surface area contributed by atoms with Gasteiger partial charge < -0.3 is 9.64 Å². The van der Waals surface area contributed by atoms with Crippen molar-refractivity contribution in [1.82, 2.24) is 9.21 Å². The van der Waals surface area contributed by atoms with Crippen LogP contribution in [0.2, 0.25) is 0 Å². The van der Waals surface area contributed by atoms with Gasteiger partial charge in [0.15, 0.2) is 11.6 Å². The van der Waals surface area contributed by atoms with Crippen LogP contribution in [0.1, 0.15) is 12.0 Å². The zero-order valence-corrected chi connectivity index (χ0v) is 17.4. The topological polar surface area (TPSA) is 66.9 Å². The molecule has 1 fully saturated rings. The average Bonchev–Trinajstić information content (AvgIpc) is 2.73. The molecule has 0 N–H and O–H groups in total. The molecule has 0 atom stereocenters. The van der Waals surface area contributed by atoms with Gasteiger partial charge in [0.2, 0.25) is 15.9 Å². The van der Waals surface area contributed by atoms with Crippen LogP contribution >= 0.6 is 0 Å². The molecule has 0 aromatic heterocycles. The Hall–Kier alpha value is -2.73. The van der Waals surface area contributed by atoms with E-state index in [0.717, 1.165) is 22.5 Å². The highest BCUT2D eigenvalue weighted by Gasteiger charge is 2.33. The summed E-state index contributed by atoms with van der Waals surface area (Å²) in [5.41, 5.74) is 0.220. The van der Waals surface area contributed by atoms with Crippen molar-refractivity contribution < 1.29 is 39.9 Å². The van der Waals surface area contributed by atoms with Gasteiger partial charge in [-0.3, -0.25) is 4.79 Å². The molecule has 2 aromatic carbocycles. The lowest BCUT2D eigenvalue weighted by Crippen LogP contribution is -2.50. The van der Waals surface area contributed by atoms with Crippen LogP contribution in [0.15, 0.2) is 47.4 Å². The molecule has 0 bridgehead atoms. The molecule has 2 aromatic rings. The van der Waals surface area contributed by atoms with Gasteiger partial charge in [-0.1, -0.05) is 18.2 Å². The van der Waals surface area contributed by atoms with Crippen molar-refractivity contribution in [3.63, 3.8) is 0 Å². The van der Waals surface area contributed by atoms with Crippen LogP contribution in [0, 0.1) is 11.6 Å². The van der Waals surface area contributed by atoms with Crippen molar-refractivity contribution in [2.45, 2.75) is 24.1 Å². The second-order valence-corrected chi connectivity index (χ2v) is 8.95. The van der Waals surface area contributed by atoms with Crippen molar-refractivity contribution in [3.05, 3.63) is 59.7 Å². The van der Waals surface area contributed by atoms with Gasteiger partial charge in [0, 0.05) is 32.6 Å². The fourth-order valence-electron chi connectivity index (χ4n) is 3.30. The lowest BCUT2D eigenvalue weighted by Gasteiger charge is -2.34. The van der Waals surface area contributed by atoms with E-state index in [0.29, 0.717) is 6.07 Å². The Bertz CT molecular complexity index is 1080. The van der Waals surface area contributed by atoms with Crippen molar-refractivity contribution >= 4 is 15.9 Å². The number of carbonyl (C=O) groups excluding carboxylic acids is 1. The number of rotatable bonds is 6. The van der Waals surface area contributed by atoms with E-state index in [1.54, 1.807) is 0 Å². The molecule has 0 saturated carbocycles. The van der Waals surface area contributed by atoms with Gasteiger partial charge in [0.25, 0.3) is 0 Å². The molecule has 0 spiro atoms. The number of alkyl halides is 3. The smallest absolute Gasteiger partial charge is 0.406 e. The highest BCUT2D eigenvalue weighted by molar-refractivity contribution is 7.89. The molecule has 1 saturated heterocycles. The predicted octanol–water partition coefficient (Wildman–Crippen LogP) is 3.33. The van der Waals surface area contributed by atoms with Crippen molar-refractivity contribution in [3.8, 4) is 5.75 Å². The molecule has 174 valence electrons. The zero-order chi connectivity index (χ0) is 23.5. The summed E-state index contributed by atoms with van der Waals surface area (Å²) in [6.45, 7) is 0.00651. The first kappa shape index (κ1) is 23.9. The van der Waals surface area contributed by atoms with Crippen LogP contribution in [-0.2, 0) is 21.2 Å². The number of nitrogens with zero attached hydrogens (tertiary/aromatic N) is 2. The molecule has 0 aliphatic carbocycles. The average molecular weight is 478 g/mol. The van der Waals surface area contributed by atoms with Crippen LogP contribution in [0.3, 0.4) is 0 Å². The van der Waals surface area contributed by atoms with Crippen molar-refractivity contribution in [2.24, 2.45) is 0 Å². The highest BCUT2D eigenvalue weighted by Crippen LogP contribution is 2.27. The first-order valence-electron chi connectivity index (χ1n) is 9.54. The Morgan fingerprint density at radius 3 is 2.25 bits per heavy atom. The summed E-state index contributed by atoms with van der Waals surface area (Å²) in [7, 11) is -4.06. The van der Waals surface area contributed by atoms with Crippen LogP contribution in [0.4, 0.5) is 22.0 Å². The summed E-state index contributed by atoms with van der Waals surface area (Å²) in [6, 6.07) is 7.80. The monoisotopic (exact) mass is 478 g/mol. The number of halogens is 5. The number of piperazine rings is 1. The molecule has 12 heteroatoms. The number of para-hydroxylation sites is 1. The summed E-state index contributed by atoms with van der Waals surface area (Å²) >= 11 is 0. The Morgan fingerprint density at radius 1 is 0.969 bits per heavy atom. The number of benzene rings is 2. The second-order valence-electron chi connectivity index (χ2n) is 7.02. The van der Waals surface area contributed by atoms with Gasteiger partial charge in [-0.2, -0.15) is 4.31 Å². The molecule has 32 heavy (non-hydrogen) atoms. The summed E-state index contributed by atoms with van der Waals surface area (Å²) < 4.78 is 94.3. The Morgan fingerprint density at radius 2 is 1.62 bits per heavy atom. The van der Waals surface area contributed by atoms with E-state index < -0.39 is 32.9 Å². The first-order chi connectivity index (χ1) is 15.0. The second kappa shape index (κ2) is 9.41. The summed E-state index contributed by atoms with van der Waals surface area (Å²) in [5, 5.41) is 0.